The number of aromatic nitrogens is 2. The highest BCUT2D eigenvalue weighted by Crippen LogP contribution is 2.30. The van der Waals surface area contributed by atoms with Crippen LogP contribution < -0.4 is 5.56 Å². The van der Waals surface area contributed by atoms with Crippen molar-refractivity contribution in [2.24, 2.45) is 12.5 Å². The SMILES string of the molecule is Cn1c(CC(C)(C)CC(=O)C(F)(F)F)cc(=O)n1-c1ccccc1. The molecule has 1 aromatic carbocycles. The number of carbonyl (C=O) groups is 1. The lowest BCUT2D eigenvalue weighted by Crippen LogP contribution is -2.30. The van der Waals surface area contributed by atoms with E-state index in [9.17, 15) is 22.8 Å². The van der Waals surface area contributed by atoms with Gasteiger partial charge in [0.2, 0.25) is 5.78 Å². The molecule has 1 aromatic heterocycles. The molecule has 0 aliphatic heterocycles. The van der Waals surface area contributed by atoms with Crippen molar-refractivity contribution in [3.05, 3.63) is 52.4 Å². The zero-order valence-electron chi connectivity index (χ0n) is 13.7. The second-order valence-electron chi connectivity index (χ2n) is 6.58. The molecule has 130 valence electrons. The fourth-order valence-corrected chi connectivity index (χ4v) is 2.70. The standard InChI is InChI=1S/C17H19F3N2O2/c1-16(2,11-14(23)17(18,19)20)10-13-9-15(24)22(21(13)3)12-7-5-4-6-8-12/h4-9H,10-11H2,1-3H3. The summed E-state index contributed by atoms with van der Waals surface area (Å²) >= 11 is 0. The lowest BCUT2D eigenvalue weighted by molar-refractivity contribution is -0.173. The van der Waals surface area contributed by atoms with Crippen molar-refractivity contribution in [2.45, 2.75) is 32.9 Å². The highest BCUT2D eigenvalue weighted by molar-refractivity contribution is 5.84. The molecule has 4 nitrogen and oxygen atoms in total. The van der Waals surface area contributed by atoms with E-state index in [1.165, 1.54) is 10.7 Å². The van der Waals surface area contributed by atoms with Crippen LogP contribution in [0.2, 0.25) is 0 Å². The van der Waals surface area contributed by atoms with Gasteiger partial charge in [0.15, 0.2) is 0 Å². The monoisotopic (exact) mass is 340 g/mol. The molecule has 2 aromatic rings. The zero-order valence-corrected chi connectivity index (χ0v) is 13.7. The van der Waals surface area contributed by atoms with Crippen molar-refractivity contribution in [1.82, 2.24) is 9.36 Å². The van der Waals surface area contributed by atoms with E-state index in [1.54, 1.807) is 49.8 Å². The molecule has 2 rings (SSSR count). The molecule has 0 fully saturated rings. The topological polar surface area (TPSA) is 44.0 Å². The number of carbonyl (C=O) groups excluding carboxylic acids is 1. The molecule has 1 heterocycles. The molecule has 0 unspecified atom stereocenters. The summed E-state index contributed by atoms with van der Waals surface area (Å²) in [5.74, 6) is -1.75. The van der Waals surface area contributed by atoms with E-state index in [1.807, 2.05) is 6.07 Å². The van der Waals surface area contributed by atoms with E-state index >= 15 is 0 Å². The molecule has 0 aliphatic rings. The van der Waals surface area contributed by atoms with E-state index in [0.717, 1.165) is 0 Å². The molecule has 0 saturated carbocycles. The normalized spacial score (nSPS) is 12.4. The van der Waals surface area contributed by atoms with Gasteiger partial charge in [-0.3, -0.25) is 14.3 Å². The van der Waals surface area contributed by atoms with Crippen LogP contribution in [0, 0.1) is 5.41 Å². The maximum absolute atomic E-state index is 12.5. The molecule has 0 radical (unpaired) electrons. The van der Waals surface area contributed by atoms with Crippen molar-refractivity contribution in [3.63, 3.8) is 0 Å². The van der Waals surface area contributed by atoms with Gasteiger partial charge < -0.3 is 0 Å². The number of ketones is 1. The van der Waals surface area contributed by atoms with E-state index in [-0.39, 0.29) is 12.0 Å². The summed E-state index contributed by atoms with van der Waals surface area (Å²) in [6, 6.07) is 10.3. The van der Waals surface area contributed by atoms with Crippen molar-refractivity contribution >= 4 is 5.78 Å². The first-order chi connectivity index (χ1) is 11.0. The van der Waals surface area contributed by atoms with Gasteiger partial charge in [-0.05, 0) is 24.0 Å². The Balaban J connectivity index is 2.28. The van der Waals surface area contributed by atoms with Crippen LogP contribution in [0.25, 0.3) is 5.69 Å². The second-order valence-corrected chi connectivity index (χ2v) is 6.58. The molecular weight excluding hydrogens is 321 g/mol. The number of benzene rings is 1. The van der Waals surface area contributed by atoms with E-state index in [0.29, 0.717) is 11.4 Å². The fraction of sp³-hybridized carbons (Fsp3) is 0.412. The predicted octanol–water partition coefficient (Wildman–Crippen LogP) is 3.27. The maximum atomic E-state index is 12.5. The molecule has 0 spiro atoms. The first-order valence-corrected chi connectivity index (χ1v) is 7.45. The fourth-order valence-electron chi connectivity index (χ4n) is 2.70. The number of alkyl halides is 3. The Hall–Kier alpha value is -2.31. The maximum Gasteiger partial charge on any atom is 0.449 e. The smallest absolute Gasteiger partial charge is 0.290 e. The minimum atomic E-state index is -4.83. The molecule has 0 N–H and O–H groups in total. The number of Topliss-reactive ketones (excluding diaryl/α,β-unsaturated/α-hetero) is 1. The van der Waals surface area contributed by atoms with Crippen LogP contribution in [0.1, 0.15) is 26.0 Å². The minimum absolute atomic E-state index is 0.181. The van der Waals surface area contributed by atoms with Gasteiger partial charge in [-0.1, -0.05) is 32.0 Å². The molecule has 24 heavy (non-hydrogen) atoms. The molecule has 0 saturated heterocycles. The van der Waals surface area contributed by atoms with E-state index < -0.39 is 23.8 Å². The number of hydrogen-bond acceptors (Lipinski definition) is 2. The average molecular weight is 340 g/mol. The quantitative estimate of drug-likeness (QED) is 0.838. The lowest BCUT2D eigenvalue weighted by Gasteiger charge is -2.24. The third-order valence-electron chi connectivity index (χ3n) is 3.83. The van der Waals surface area contributed by atoms with Crippen LogP contribution in [0.4, 0.5) is 13.2 Å². The predicted molar refractivity (Wildman–Crippen MR) is 84.2 cm³/mol. The summed E-state index contributed by atoms with van der Waals surface area (Å²) in [5.41, 5.74) is 0.0561. The van der Waals surface area contributed by atoms with Gasteiger partial charge in [-0.15, -0.1) is 0 Å². The Morgan fingerprint density at radius 2 is 1.71 bits per heavy atom. The summed E-state index contributed by atoms with van der Waals surface area (Å²) in [4.78, 5) is 23.5. The first-order valence-electron chi connectivity index (χ1n) is 7.45. The molecule has 0 bridgehead atoms. The van der Waals surface area contributed by atoms with Crippen molar-refractivity contribution in [1.29, 1.82) is 0 Å². The Morgan fingerprint density at radius 3 is 2.25 bits per heavy atom. The van der Waals surface area contributed by atoms with Gasteiger partial charge in [0.1, 0.15) is 0 Å². The number of para-hydroxylation sites is 1. The second kappa shape index (κ2) is 6.30. The van der Waals surface area contributed by atoms with Gasteiger partial charge in [0.05, 0.1) is 5.69 Å². The van der Waals surface area contributed by atoms with E-state index in [4.69, 9.17) is 0 Å². The molecule has 0 amide bonds. The third-order valence-corrected chi connectivity index (χ3v) is 3.83. The van der Waals surface area contributed by atoms with Crippen LogP contribution in [-0.2, 0) is 18.3 Å². The third kappa shape index (κ3) is 3.96. The summed E-state index contributed by atoms with van der Waals surface area (Å²) in [6.45, 7) is 3.17. The highest BCUT2D eigenvalue weighted by Gasteiger charge is 2.41. The lowest BCUT2D eigenvalue weighted by atomic mass is 9.82. The van der Waals surface area contributed by atoms with Gasteiger partial charge in [0, 0.05) is 25.2 Å². The number of nitrogens with zero attached hydrogens (tertiary/aromatic N) is 2. The molecule has 0 aliphatic carbocycles. The van der Waals surface area contributed by atoms with Crippen LogP contribution >= 0.6 is 0 Å². The Morgan fingerprint density at radius 1 is 1.12 bits per heavy atom. The molecule has 7 heteroatoms. The summed E-state index contributed by atoms with van der Waals surface area (Å²) in [6.07, 6.45) is -5.28. The minimum Gasteiger partial charge on any atom is -0.290 e. The van der Waals surface area contributed by atoms with Crippen LogP contribution in [0.5, 0.6) is 0 Å². The van der Waals surface area contributed by atoms with Crippen molar-refractivity contribution in [2.75, 3.05) is 0 Å². The zero-order chi connectivity index (χ0) is 18.1. The van der Waals surface area contributed by atoms with Crippen molar-refractivity contribution < 1.29 is 18.0 Å². The number of hydrogen-bond donors (Lipinski definition) is 0. The van der Waals surface area contributed by atoms with Gasteiger partial charge in [0.25, 0.3) is 5.56 Å². The van der Waals surface area contributed by atoms with Crippen LogP contribution in [-0.4, -0.2) is 21.3 Å². The Labute approximate surface area is 137 Å². The van der Waals surface area contributed by atoms with Crippen LogP contribution in [0.3, 0.4) is 0 Å². The summed E-state index contributed by atoms with van der Waals surface area (Å²) < 4.78 is 40.5. The van der Waals surface area contributed by atoms with Gasteiger partial charge >= 0.3 is 6.18 Å². The highest BCUT2D eigenvalue weighted by atomic mass is 19.4. The van der Waals surface area contributed by atoms with E-state index in [2.05, 4.69) is 0 Å². The number of rotatable bonds is 5. The van der Waals surface area contributed by atoms with Gasteiger partial charge in [-0.25, -0.2) is 4.68 Å². The summed E-state index contributed by atoms with van der Waals surface area (Å²) in [7, 11) is 1.67. The Bertz CT molecular complexity index is 786. The van der Waals surface area contributed by atoms with Gasteiger partial charge in [-0.2, -0.15) is 13.2 Å². The molecule has 0 atom stereocenters. The van der Waals surface area contributed by atoms with Crippen LogP contribution in [0.15, 0.2) is 41.2 Å². The average Bonchev–Trinajstić information content (AvgIpc) is 2.72. The summed E-state index contributed by atoms with van der Waals surface area (Å²) in [5, 5.41) is 0. The number of halogens is 3. The Kier molecular flexibility index (Phi) is 4.73. The molecular formula is C17H19F3N2O2. The largest absolute Gasteiger partial charge is 0.449 e. The first kappa shape index (κ1) is 18.0. The van der Waals surface area contributed by atoms with Crippen molar-refractivity contribution in [3.8, 4) is 5.69 Å².